The highest BCUT2D eigenvalue weighted by atomic mass is 19.1. The summed E-state index contributed by atoms with van der Waals surface area (Å²) < 4.78 is 18.2. The molecule has 0 aliphatic rings. The molecule has 0 bridgehead atoms. The monoisotopic (exact) mass is 210 g/mol. The molecule has 0 unspecified atom stereocenters. The van der Waals surface area contributed by atoms with E-state index in [0.717, 1.165) is 6.42 Å². The minimum Gasteiger partial charge on any atom is -0.380 e. The van der Waals surface area contributed by atoms with Crippen LogP contribution in [0.1, 0.15) is 35.7 Å². The highest BCUT2D eigenvalue weighted by Crippen LogP contribution is 2.13. The van der Waals surface area contributed by atoms with Crippen LogP contribution in [0.2, 0.25) is 0 Å². The van der Waals surface area contributed by atoms with Gasteiger partial charge in [0.1, 0.15) is 5.82 Å². The molecule has 0 spiro atoms. The number of ether oxygens (including phenoxy) is 1. The van der Waals surface area contributed by atoms with Crippen molar-refractivity contribution < 1.29 is 13.9 Å². The van der Waals surface area contributed by atoms with Crippen molar-refractivity contribution in [3.05, 3.63) is 35.1 Å². The SMILES string of the molecule is CCCC(=O)c1ccc(COC)c(F)c1. The van der Waals surface area contributed by atoms with Crippen LogP contribution in [0.3, 0.4) is 0 Å². The summed E-state index contributed by atoms with van der Waals surface area (Å²) in [5.41, 5.74) is 0.916. The lowest BCUT2D eigenvalue weighted by Gasteiger charge is -2.04. The average molecular weight is 210 g/mol. The van der Waals surface area contributed by atoms with E-state index in [1.165, 1.54) is 13.2 Å². The van der Waals surface area contributed by atoms with E-state index in [9.17, 15) is 9.18 Å². The predicted octanol–water partition coefficient (Wildman–Crippen LogP) is 2.95. The molecule has 0 saturated carbocycles. The molecule has 15 heavy (non-hydrogen) atoms. The third-order valence-electron chi connectivity index (χ3n) is 2.15. The van der Waals surface area contributed by atoms with Crippen LogP contribution in [-0.2, 0) is 11.3 Å². The molecule has 0 saturated heterocycles. The fourth-order valence-electron chi connectivity index (χ4n) is 1.36. The van der Waals surface area contributed by atoms with Gasteiger partial charge in [-0.25, -0.2) is 4.39 Å². The maximum absolute atomic E-state index is 13.4. The Morgan fingerprint density at radius 3 is 2.73 bits per heavy atom. The first-order valence-electron chi connectivity index (χ1n) is 4.99. The van der Waals surface area contributed by atoms with Gasteiger partial charge in [0.2, 0.25) is 0 Å². The summed E-state index contributed by atoms with van der Waals surface area (Å²) >= 11 is 0. The van der Waals surface area contributed by atoms with Crippen LogP contribution < -0.4 is 0 Å². The lowest BCUT2D eigenvalue weighted by Crippen LogP contribution is -2.01. The summed E-state index contributed by atoms with van der Waals surface area (Å²) in [6, 6.07) is 4.53. The number of hydrogen-bond donors (Lipinski definition) is 0. The van der Waals surface area contributed by atoms with E-state index in [1.54, 1.807) is 12.1 Å². The maximum Gasteiger partial charge on any atom is 0.162 e. The molecule has 0 amide bonds. The van der Waals surface area contributed by atoms with Crippen molar-refractivity contribution in [3.63, 3.8) is 0 Å². The molecule has 0 aliphatic carbocycles. The Morgan fingerprint density at radius 2 is 2.20 bits per heavy atom. The number of carbonyl (C=O) groups is 1. The molecular formula is C12H15FO2. The molecule has 0 fully saturated rings. The topological polar surface area (TPSA) is 26.3 Å². The van der Waals surface area contributed by atoms with Crippen LogP contribution >= 0.6 is 0 Å². The van der Waals surface area contributed by atoms with Gasteiger partial charge in [-0.05, 0) is 12.5 Å². The third kappa shape index (κ3) is 3.13. The van der Waals surface area contributed by atoms with E-state index in [1.807, 2.05) is 6.92 Å². The smallest absolute Gasteiger partial charge is 0.162 e. The van der Waals surface area contributed by atoms with Gasteiger partial charge in [0.05, 0.1) is 6.61 Å². The Morgan fingerprint density at radius 1 is 1.47 bits per heavy atom. The summed E-state index contributed by atoms with van der Waals surface area (Å²) in [5, 5.41) is 0. The van der Waals surface area contributed by atoms with Crippen LogP contribution in [0.25, 0.3) is 0 Å². The second-order valence-electron chi connectivity index (χ2n) is 3.41. The summed E-state index contributed by atoms with van der Waals surface area (Å²) in [4.78, 5) is 11.5. The number of benzene rings is 1. The number of methoxy groups -OCH3 is 1. The van der Waals surface area contributed by atoms with Crippen LogP contribution in [0.5, 0.6) is 0 Å². The number of hydrogen-bond acceptors (Lipinski definition) is 2. The van der Waals surface area contributed by atoms with Gasteiger partial charge in [0, 0.05) is 24.7 Å². The molecule has 1 aromatic rings. The fraction of sp³-hybridized carbons (Fsp3) is 0.417. The van der Waals surface area contributed by atoms with E-state index in [0.29, 0.717) is 17.5 Å². The van der Waals surface area contributed by atoms with Gasteiger partial charge < -0.3 is 4.74 Å². The number of Topliss-reactive ketones (excluding diaryl/α,β-unsaturated/α-hetero) is 1. The van der Waals surface area contributed by atoms with E-state index in [4.69, 9.17) is 4.74 Å². The molecule has 2 nitrogen and oxygen atoms in total. The molecule has 82 valence electrons. The van der Waals surface area contributed by atoms with E-state index < -0.39 is 0 Å². The zero-order valence-corrected chi connectivity index (χ0v) is 9.05. The average Bonchev–Trinajstić information content (AvgIpc) is 2.21. The molecule has 0 aliphatic heterocycles. The van der Waals surface area contributed by atoms with Gasteiger partial charge in [-0.1, -0.05) is 19.1 Å². The van der Waals surface area contributed by atoms with E-state index >= 15 is 0 Å². The van der Waals surface area contributed by atoms with Gasteiger partial charge in [-0.3, -0.25) is 4.79 Å². The van der Waals surface area contributed by atoms with E-state index in [-0.39, 0.29) is 18.2 Å². The zero-order valence-electron chi connectivity index (χ0n) is 9.05. The lowest BCUT2D eigenvalue weighted by atomic mass is 10.0. The number of halogens is 1. The van der Waals surface area contributed by atoms with Gasteiger partial charge in [-0.2, -0.15) is 0 Å². The van der Waals surface area contributed by atoms with Crippen molar-refractivity contribution in [3.8, 4) is 0 Å². The first-order chi connectivity index (χ1) is 7.19. The molecular weight excluding hydrogens is 195 g/mol. The third-order valence-corrected chi connectivity index (χ3v) is 2.15. The number of rotatable bonds is 5. The minimum absolute atomic E-state index is 0.0135. The van der Waals surface area contributed by atoms with Gasteiger partial charge in [-0.15, -0.1) is 0 Å². The first kappa shape index (κ1) is 11.9. The molecule has 0 atom stereocenters. The maximum atomic E-state index is 13.4. The van der Waals surface area contributed by atoms with Gasteiger partial charge in [0.15, 0.2) is 5.78 Å². The molecule has 0 heterocycles. The molecule has 3 heteroatoms. The molecule has 1 aromatic carbocycles. The van der Waals surface area contributed by atoms with Crippen molar-refractivity contribution in [2.75, 3.05) is 7.11 Å². The van der Waals surface area contributed by atoms with Crippen LogP contribution in [-0.4, -0.2) is 12.9 Å². The van der Waals surface area contributed by atoms with Crippen LogP contribution in [0.15, 0.2) is 18.2 Å². The largest absolute Gasteiger partial charge is 0.380 e. The Labute approximate surface area is 89.1 Å². The quantitative estimate of drug-likeness (QED) is 0.698. The summed E-state index contributed by atoms with van der Waals surface area (Å²) in [7, 11) is 1.51. The molecule has 0 aromatic heterocycles. The minimum atomic E-state index is -0.376. The Balaban J connectivity index is 2.86. The van der Waals surface area contributed by atoms with Crippen LogP contribution in [0.4, 0.5) is 4.39 Å². The van der Waals surface area contributed by atoms with Crippen molar-refractivity contribution >= 4 is 5.78 Å². The second kappa shape index (κ2) is 5.61. The summed E-state index contributed by atoms with van der Waals surface area (Å²) in [6.45, 7) is 2.15. The summed E-state index contributed by atoms with van der Waals surface area (Å²) in [6.07, 6.45) is 1.24. The highest BCUT2D eigenvalue weighted by Gasteiger charge is 2.08. The standard InChI is InChI=1S/C12H15FO2/c1-3-4-12(14)9-5-6-10(8-15-2)11(13)7-9/h5-7H,3-4,8H2,1-2H3. The van der Waals surface area contributed by atoms with E-state index in [2.05, 4.69) is 0 Å². The number of ketones is 1. The lowest BCUT2D eigenvalue weighted by molar-refractivity contribution is 0.0981. The Kier molecular flexibility index (Phi) is 4.43. The van der Waals surface area contributed by atoms with Gasteiger partial charge >= 0.3 is 0 Å². The van der Waals surface area contributed by atoms with Crippen LogP contribution in [0, 0.1) is 5.82 Å². The van der Waals surface area contributed by atoms with Crippen molar-refractivity contribution in [1.29, 1.82) is 0 Å². The zero-order chi connectivity index (χ0) is 11.3. The van der Waals surface area contributed by atoms with Gasteiger partial charge in [0.25, 0.3) is 0 Å². The fourth-order valence-corrected chi connectivity index (χ4v) is 1.36. The van der Waals surface area contributed by atoms with Crippen molar-refractivity contribution in [1.82, 2.24) is 0 Å². The number of carbonyl (C=O) groups excluding carboxylic acids is 1. The molecule has 0 N–H and O–H groups in total. The predicted molar refractivity (Wildman–Crippen MR) is 56.4 cm³/mol. The molecule has 1 rings (SSSR count). The second-order valence-corrected chi connectivity index (χ2v) is 3.41. The first-order valence-corrected chi connectivity index (χ1v) is 4.99. The van der Waals surface area contributed by atoms with Crippen molar-refractivity contribution in [2.45, 2.75) is 26.4 Å². The summed E-state index contributed by atoms with van der Waals surface area (Å²) in [5.74, 6) is -0.390. The molecule has 0 radical (unpaired) electrons. The highest BCUT2D eigenvalue weighted by molar-refractivity contribution is 5.96. The Bertz CT molecular complexity index is 347. The Hall–Kier alpha value is -1.22. The van der Waals surface area contributed by atoms with Crippen molar-refractivity contribution in [2.24, 2.45) is 0 Å². The normalized spacial score (nSPS) is 10.3.